The van der Waals surface area contributed by atoms with Gasteiger partial charge in [0.05, 0.1) is 37.5 Å². The van der Waals surface area contributed by atoms with Crippen LogP contribution in [0.2, 0.25) is 0 Å². The summed E-state index contributed by atoms with van der Waals surface area (Å²) in [7, 11) is 1.47. The molecule has 1 atom stereocenters. The fraction of sp³-hybridized carbons (Fsp3) is 0.500. The Morgan fingerprint density at radius 1 is 1.11 bits per heavy atom. The number of ether oxygens (including phenoxy) is 2. The number of nitrogens with zero attached hydrogens (tertiary/aromatic N) is 6. The SMILES string of the molecule is COc1ccc(F)cc1[C@H](Cn1c(=O)n(C(C)(C)C(=O)N2CCCC2)c(=O)c2c(C)c(-n3nccn3)sc21)OC1CCC(=O)CC1. The molecule has 0 unspecified atom stereocenters. The minimum atomic E-state index is -1.51. The summed E-state index contributed by atoms with van der Waals surface area (Å²) >= 11 is 1.17. The predicted octanol–water partition coefficient (Wildman–Crippen LogP) is 3.89. The zero-order chi connectivity index (χ0) is 32.7. The van der Waals surface area contributed by atoms with Crippen LogP contribution in [0.3, 0.4) is 0 Å². The number of ketones is 1. The fourth-order valence-corrected chi connectivity index (χ4v) is 7.74. The van der Waals surface area contributed by atoms with Crippen molar-refractivity contribution >= 4 is 33.2 Å². The molecule has 1 saturated heterocycles. The van der Waals surface area contributed by atoms with E-state index in [1.54, 1.807) is 25.7 Å². The minimum absolute atomic E-state index is 0.125. The number of benzene rings is 1. The van der Waals surface area contributed by atoms with Crippen molar-refractivity contribution in [3.8, 4) is 10.8 Å². The number of thiophene rings is 1. The molecule has 14 heteroatoms. The van der Waals surface area contributed by atoms with E-state index >= 15 is 0 Å². The molecule has 0 N–H and O–H groups in total. The van der Waals surface area contributed by atoms with Crippen LogP contribution in [0.25, 0.3) is 15.2 Å². The number of halogens is 1. The average molecular weight is 653 g/mol. The molecule has 0 radical (unpaired) electrons. The van der Waals surface area contributed by atoms with E-state index in [1.165, 1.54) is 58.4 Å². The van der Waals surface area contributed by atoms with Crippen LogP contribution < -0.4 is 16.0 Å². The first-order valence-electron chi connectivity index (χ1n) is 15.5. The van der Waals surface area contributed by atoms with Gasteiger partial charge in [-0.2, -0.15) is 10.2 Å². The van der Waals surface area contributed by atoms with E-state index in [9.17, 15) is 23.6 Å². The number of carbonyl (C=O) groups is 2. The van der Waals surface area contributed by atoms with Crippen molar-refractivity contribution in [1.82, 2.24) is 29.0 Å². The molecule has 12 nitrogen and oxygen atoms in total. The lowest BCUT2D eigenvalue weighted by Crippen LogP contribution is -2.56. The summed E-state index contributed by atoms with van der Waals surface area (Å²) in [5.41, 5.74) is -1.86. The Kier molecular flexibility index (Phi) is 8.68. The number of likely N-dealkylation sites (tertiary alicyclic amines) is 1. The monoisotopic (exact) mass is 652 g/mol. The highest BCUT2D eigenvalue weighted by Gasteiger charge is 2.39. The quantitative estimate of drug-likeness (QED) is 0.266. The third-order valence-corrected chi connectivity index (χ3v) is 10.3. The highest BCUT2D eigenvalue weighted by Crippen LogP contribution is 2.36. The fourth-order valence-electron chi connectivity index (χ4n) is 6.52. The summed E-state index contributed by atoms with van der Waals surface area (Å²) in [6.07, 6.45) is 5.22. The van der Waals surface area contributed by atoms with Gasteiger partial charge in [0.15, 0.2) is 0 Å². The van der Waals surface area contributed by atoms with E-state index < -0.39 is 28.7 Å². The van der Waals surface area contributed by atoms with Crippen LogP contribution in [-0.4, -0.2) is 67.0 Å². The van der Waals surface area contributed by atoms with Crippen LogP contribution in [0.4, 0.5) is 4.39 Å². The van der Waals surface area contributed by atoms with Crippen LogP contribution in [0.5, 0.6) is 5.75 Å². The summed E-state index contributed by atoms with van der Waals surface area (Å²) < 4.78 is 29.4. The van der Waals surface area contributed by atoms with Crippen molar-refractivity contribution in [2.24, 2.45) is 0 Å². The van der Waals surface area contributed by atoms with Crippen molar-refractivity contribution in [2.75, 3.05) is 20.2 Å². The van der Waals surface area contributed by atoms with Crippen molar-refractivity contribution < 1.29 is 23.5 Å². The van der Waals surface area contributed by atoms with Crippen LogP contribution in [0, 0.1) is 12.7 Å². The summed E-state index contributed by atoms with van der Waals surface area (Å²) in [6, 6.07) is 4.09. The summed E-state index contributed by atoms with van der Waals surface area (Å²) in [6.45, 7) is 5.92. The van der Waals surface area contributed by atoms with Crippen molar-refractivity contribution in [3.63, 3.8) is 0 Å². The van der Waals surface area contributed by atoms with E-state index in [0.29, 0.717) is 65.5 Å². The number of methoxy groups -OCH3 is 1. The second-order valence-corrected chi connectivity index (χ2v) is 13.3. The number of rotatable bonds is 9. The predicted molar refractivity (Wildman–Crippen MR) is 169 cm³/mol. The molecule has 4 heterocycles. The van der Waals surface area contributed by atoms with Crippen molar-refractivity contribution in [1.29, 1.82) is 0 Å². The molecule has 1 aromatic carbocycles. The summed E-state index contributed by atoms with van der Waals surface area (Å²) in [5.74, 6) is -0.307. The average Bonchev–Trinajstić information content (AvgIpc) is 3.81. The second-order valence-electron chi connectivity index (χ2n) is 12.4. The first-order chi connectivity index (χ1) is 22.0. The Balaban J connectivity index is 1.57. The number of fused-ring (bicyclic) bond motifs is 1. The lowest BCUT2D eigenvalue weighted by molar-refractivity contribution is -0.138. The third kappa shape index (κ3) is 5.68. The van der Waals surface area contributed by atoms with Gasteiger partial charge in [-0.1, -0.05) is 11.3 Å². The lowest BCUT2D eigenvalue weighted by atomic mass is 9.96. The molecule has 4 aromatic rings. The van der Waals surface area contributed by atoms with Gasteiger partial charge in [0, 0.05) is 37.1 Å². The molecule has 2 aliphatic rings. The van der Waals surface area contributed by atoms with Crippen LogP contribution in [0.1, 0.15) is 69.6 Å². The van der Waals surface area contributed by atoms with Gasteiger partial charge >= 0.3 is 5.69 Å². The van der Waals surface area contributed by atoms with Crippen molar-refractivity contribution in [2.45, 2.75) is 83.6 Å². The topological polar surface area (TPSA) is 131 Å². The molecule has 1 amide bonds. The Bertz CT molecular complexity index is 1900. The number of hydrogen-bond donors (Lipinski definition) is 0. The van der Waals surface area contributed by atoms with Gasteiger partial charge in [0.1, 0.15) is 38.8 Å². The first-order valence-corrected chi connectivity index (χ1v) is 16.3. The van der Waals surface area contributed by atoms with E-state index in [2.05, 4.69) is 10.2 Å². The molecular formula is C32H37FN6O6S. The number of hydrogen-bond acceptors (Lipinski definition) is 9. The Morgan fingerprint density at radius 3 is 2.43 bits per heavy atom. The molecule has 2 fully saturated rings. The summed E-state index contributed by atoms with van der Waals surface area (Å²) in [5, 5.41) is 9.29. The number of carbonyl (C=O) groups excluding carboxylic acids is 2. The van der Waals surface area contributed by atoms with Gasteiger partial charge in [-0.15, -0.1) is 4.80 Å². The molecule has 1 aliphatic carbocycles. The van der Waals surface area contributed by atoms with Crippen LogP contribution >= 0.6 is 11.3 Å². The van der Waals surface area contributed by atoms with Crippen LogP contribution in [0.15, 0.2) is 40.2 Å². The maximum Gasteiger partial charge on any atom is 0.333 e. The number of aromatic nitrogens is 5. The number of Topliss-reactive ketones (excluding diaryl/α,β-unsaturated/α-hetero) is 1. The molecular weight excluding hydrogens is 615 g/mol. The summed E-state index contributed by atoms with van der Waals surface area (Å²) in [4.78, 5) is 58.2. The van der Waals surface area contributed by atoms with Gasteiger partial charge < -0.3 is 14.4 Å². The maximum absolute atomic E-state index is 14.7. The highest BCUT2D eigenvalue weighted by atomic mass is 32.1. The molecule has 1 aliphatic heterocycles. The van der Waals surface area contributed by atoms with Gasteiger partial charge in [-0.05, 0) is 64.7 Å². The van der Waals surface area contributed by atoms with Gasteiger partial charge in [0.2, 0.25) is 5.91 Å². The number of aryl methyl sites for hydroxylation is 1. The van der Waals surface area contributed by atoms with E-state index in [0.717, 1.165) is 17.4 Å². The zero-order valence-corrected chi connectivity index (χ0v) is 27.1. The van der Waals surface area contributed by atoms with Gasteiger partial charge in [-0.3, -0.25) is 19.0 Å². The molecule has 244 valence electrons. The Hall–Kier alpha value is -4.17. The van der Waals surface area contributed by atoms with Crippen LogP contribution in [-0.2, 0) is 26.4 Å². The Morgan fingerprint density at radius 2 is 1.78 bits per heavy atom. The normalized spacial score (nSPS) is 16.8. The zero-order valence-electron chi connectivity index (χ0n) is 26.3. The molecule has 0 bridgehead atoms. The van der Waals surface area contributed by atoms with Crippen molar-refractivity contribution in [3.05, 3.63) is 68.4 Å². The highest BCUT2D eigenvalue weighted by molar-refractivity contribution is 7.21. The largest absolute Gasteiger partial charge is 0.496 e. The number of amides is 1. The second kappa shape index (κ2) is 12.6. The Labute approximate surface area is 268 Å². The van der Waals surface area contributed by atoms with E-state index in [4.69, 9.17) is 9.47 Å². The third-order valence-electron chi connectivity index (χ3n) is 9.00. The molecule has 0 spiro atoms. The molecule has 6 rings (SSSR count). The minimum Gasteiger partial charge on any atom is -0.496 e. The lowest BCUT2D eigenvalue weighted by Gasteiger charge is -2.32. The molecule has 1 saturated carbocycles. The molecule has 3 aromatic heterocycles. The van der Waals surface area contributed by atoms with E-state index in [1.807, 2.05) is 0 Å². The standard InChI is InChI=1S/C32H37FN6O6S/c1-19-26-27(41)38(32(2,3)30(42)36-15-5-6-16-36)31(43)37(29(26)46-28(19)39-34-13-14-35-39)18-25(45-22-10-8-21(40)9-11-22)23-17-20(33)7-12-24(23)44-4/h7,12-14,17,22,25H,5-6,8-11,15-16,18H2,1-4H3/t25-/m0/s1. The maximum atomic E-state index is 14.7. The van der Waals surface area contributed by atoms with Gasteiger partial charge in [0.25, 0.3) is 5.56 Å². The van der Waals surface area contributed by atoms with E-state index in [-0.39, 0.29) is 29.7 Å². The van der Waals surface area contributed by atoms with Gasteiger partial charge in [-0.25, -0.2) is 13.8 Å². The molecule has 46 heavy (non-hydrogen) atoms. The first kappa shape index (κ1) is 31.8. The smallest absolute Gasteiger partial charge is 0.333 e.